The molecule has 2 N–H and O–H groups in total. The molecule has 8 heteroatoms. The summed E-state index contributed by atoms with van der Waals surface area (Å²) >= 11 is 0. The number of aliphatic imine (C=N–C) groups is 1. The van der Waals surface area contributed by atoms with E-state index in [1.165, 1.54) is 5.56 Å². The van der Waals surface area contributed by atoms with Crippen LogP contribution < -0.4 is 15.4 Å². The van der Waals surface area contributed by atoms with Gasteiger partial charge in [-0.1, -0.05) is 12.1 Å². The highest BCUT2D eigenvalue weighted by Crippen LogP contribution is 2.21. The smallest absolute Gasteiger partial charge is 0.191 e. The van der Waals surface area contributed by atoms with E-state index in [1.807, 2.05) is 6.92 Å². The molecule has 0 unspecified atom stereocenters. The fourth-order valence-electron chi connectivity index (χ4n) is 3.12. The standard InChI is InChI=1S/C22H38N4O3.HI/c1-4-23-22(24-9-6-10-26-11-13-28-14-12-26)25-18-20-8-7-19(3)17-21(20)29-16-15-27-5-2;/h7-8,17H,4-6,9-16,18H2,1-3H3,(H2,23,24,25);1H. The van der Waals surface area contributed by atoms with Crippen LogP contribution in [0, 0.1) is 6.92 Å². The monoisotopic (exact) mass is 534 g/mol. The number of guanidine groups is 1. The minimum atomic E-state index is 0. The average Bonchev–Trinajstić information content (AvgIpc) is 2.74. The van der Waals surface area contributed by atoms with Crippen LogP contribution in [0.3, 0.4) is 0 Å². The maximum Gasteiger partial charge on any atom is 0.191 e. The Kier molecular flexibility index (Phi) is 14.9. The average molecular weight is 534 g/mol. The van der Waals surface area contributed by atoms with Crippen LogP contribution in [0.25, 0.3) is 0 Å². The molecule has 7 nitrogen and oxygen atoms in total. The molecule has 1 aromatic carbocycles. The van der Waals surface area contributed by atoms with Crippen molar-refractivity contribution in [3.8, 4) is 5.75 Å². The highest BCUT2D eigenvalue weighted by molar-refractivity contribution is 14.0. The van der Waals surface area contributed by atoms with Crippen LogP contribution in [0.2, 0.25) is 0 Å². The molecule has 0 bridgehead atoms. The number of ether oxygens (including phenoxy) is 3. The summed E-state index contributed by atoms with van der Waals surface area (Å²) in [5.74, 6) is 1.73. The van der Waals surface area contributed by atoms with Crippen molar-refractivity contribution in [3.05, 3.63) is 29.3 Å². The Morgan fingerprint density at radius 3 is 2.70 bits per heavy atom. The minimum Gasteiger partial charge on any atom is -0.491 e. The van der Waals surface area contributed by atoms with Crippen LogP contribution in [-0.2, 0) is 16.0 Å². The third-order valence-electron chi connectivity index (χ3n) is 4.71. The molecule has 0 aliphatic carbocycles. The third-order valence-corrected chi connectivity index (χ3v) is 4.71. The molecule has 1 aliphatic heterocycles. The van der Waals surface area contributed by atoms with Gasteiger partial charge in [-0.25, -0.2) is 4.99 Å². The molecule has 0 atom stereocenters. The molecule has 1 heterocycles. The van der Waals surface area contributed by atoms with Crippen LogP contribution in [0.5, 0.6) is 5.75 Å². The Morgan fingerprint density at radius 2 is 1.97 bits per heavy atom. The van der Waals surface area contributed by atoms with Crippen molar-refractivity contribution in [2.75, 3.05) is 65.8 Å². The van der Waals surface area contributed by atoms with Crippen LogP contribution in [0.4, 0.5) is 0 Å². The minimum absolute atomic E-state index is 0. The Balaban J connectivity index is 0.00000450. The van der Waals surface area contributed by atoms with Gasteiger partial charge >= 0.3 is 0 Å². The van der Waals surface area contributed by atoms with Gasteiger partial charge in [0.05, 0.1) is 26.4 Å². The molecule has 0 spiro atoms. The van der Waals surface area contributed by atoms with Gasteiger partial charge in [-0.05, 0) is 45.4 Å². The Hall–Kier alpha value is -1.10. The fourth-order valence-corrected chi connectivity index (χ4v) is 3.12. The SMILES string of the molecule is CCNC(=NCc1ccc(C)cc1OCCOCC)NCCCN1CCOCC1.I. The summed E-state index contributed by atoms with van der Waals surface area (Å²) in [6.45, 7) is 15.2. The van der Waals surface area contributed by atoms with Gasteiger partial charge in [0, 0.05) is 38.3 Å². The van der Waals surface area contributed by atoms with Crippen molar-refractivity contribution in [2.24, 2.45) is 4.99 Å². The van der Waals surface area contributed by atoms with Crippen LogP contribution in [0.15, 0.2) is 23.2 Å². The first-order chi connectivity index (χ1) is 14.2. The molecule has 0 amide bonds. The van der Waals surface area contributed by atoms with Crippen LogP contribution >= 0.6 is 24.0 Å². The van der Waals surface area contributed by atoms with Crippen molar-refractivity contribution in [3.63, 3.8) is 0 Å². The molecular formula is C22H39IN4O3. The second-order valence-corrected chi connectivity index (χ2v) is 7.09. The van der Waals surface area contributed by atoms with Crippen molar-refractivity contribution in [1.82, 2.24) is 15.5 Å². The number of benzene rings is 1. The highest BCUT2D eigenvalue weighted by Gasteiger charge is 2.09. The number of nitrogens with zero attached hydrogens (tertiary/aromatic N) is 2. The van der Waals surface area contributed by atoms with Crippen molar-refractivity contribution < 1.29 is 14.2 Å². The summed E-state index contributed by atoms with van der Waals surface area (Å²) in [5.41, 5.74) is 2.26. The highest BCUT2D eigenvalue weighted by atomic mass is 127. The summed E-state index contributed by atoms with van der Waals surface area (Å²) in [4.78, 5) is 7.20. The summed E-state index contributed by atoms with van der Waals surface area (Å²) in [6.07, 6.45) is 1.08. The Labute approximate surface area is 199 Å². The summed E-state index contributed by atoms with van der Waals surface area (Å²) in [6, 6.07) is 6.26. The third kappa shape index (κ3) is 10.8. The van der Waals surface area contributed by atoms with E-state index in [4.69, 9.17) is 19.2 Å². The zero-order chi connectivity index (χ0) is 20.7. The predicted octanol–water partition coefficient (Wildman–Crippen LogP) is 2.81. The summed E-state index contributed by atoms with van der Waals surface area (Å²) in [7, 11) is 0. The van der Waals surface area contributed by atoms with Gasteiger partial charge in [0.1, 0.15) is 12.4 Å². The lowest BCUT2D eigenvalue weighted by molar-refractivity contribution is 0.0376. The molecule has 0 radical (unpaired) electrons. The first kappa shape index (κ1) is 26.9. The molecule has 172 valence electrons. The van der Waals surface area contributed by atoms with E-state index in [-0.39, 0.29) is 24.0 Å². The molecule has 30 heavy (non-hydrogen) atoms. The normalized spacial score (nSPS) is 14.8. The number of hydrogen-bond donors (Lipinski definition) is 2. The lowest BCUT2D eigenvalue weighted by Gasteiger charge is -2.26. The molecule has 1 saturated heterocycles. The molecule has 1 fully saturated rings. The van der Waals surface area contributed by atoms with Crippen LogP contribution in [-0.4, -0.2) is 76.6 Å². The number of aryl methyl sites for hydroxylation is 1. The van der Waals surface area contributed by atoms with Gasteiger partial charge in [0.25, 0.3) is 0 Å². The molecular weight excluding hydrogens is 495 g/mol. The molecule has 0 saturated carbocycles. The molecule has 1 aliphatic rings. The van der Waals surface area contributed by atoms with Crippen molar-refractivity contribution in [2.45, 2.75) is 33.7 Å². The summed E-state index contributed by atoms with van der Waals surface area (Å²) in [5, 5.41) is 6.77. The van der Waals surface area contributed by atoms with Gasteiger partial charge in [0.2, 0.25) is 0 Å². The lowest BCUT2D eigenvalue weighted by Crippen LogP contribution is -2.40. The zero-order valence-electron chi connectivity index (χ0n) is 18.7. The number of hydrogen-bond acceptors (Lipinski definition) is 5. The van der Waals surface area contributed by atoms with Gasteiger partial charge in [-0.3, -0.25) is 4.90 Å². The number of morpholine rings is 1. The maximum absolute atomic E-state index is 5.93. The first-order valence-corrected chi connectivity index (χ1v) is 10.8. The maximum atomic E-state index is 5.93. The second kappa shape index (κ2) is 16.6. The largest absolute Gasteiger partial charge is 0.491 e. The van der Waals surface area contributed by atoms with Crippen molar-refractivity contribution in [1.29, 1.82) is 0 Å². The fraction of sp³-hybridized carbons (Fsp3) is 0.682. The Morgan fingerprint density at radius 1 is 1.17 bits per heavy atom. The van der Waals surface area contributed by atoms with E-state index in [0.717, 1.165) is 69.6 Å². The topological polar surface area (TPSA) is 67.4 Å². The van der Waals surface area contributed by atoms with E-state index in [9.17, 15) is 0 Å². The van der Waals surface area contributed by atoms with Crippen molar-refractivity contribution >= 4 is 29.9 Å². The zero-order valence-corrected chi connectivity index (χ0v) is 21.1. The summed E-state index contributed by atoms with van der Waals surface area (Å²) < 4.78 is 16.7. The van der Waals surface area contributed by atoms with E-state index in [1.54, 1.807) is 0 Å². The van der Waals surface area contributed by atoms with Gasteiger partial charge in [-0.15, -0.1) is 24.0 Å². The second-order valence-electron chi connectivity index (χ2n) is 7.09. The molecule has 0 aromatic heterocycles. The number of halogens is 1. The Bertz CT molecular complexity index is 610. The number of nitrogens with one attached hydrogen (secondary N) is 2. The first-order valence-electron chi connectivity index (χ1n) is 10.8. The van der Waals surface area contributed by atoms with E-state index < -0.39 is 0 Å². The van der Waals surface area contributed by atoms with E-state index >= 15 is 0 Å². The van der Waals surface area contributed by atoms with E-state index in [0.29, 0.717) is 26.4 Å². The van der Waals surface area contributed by atoms with Gasteiger partial charge in [-0.2, -0.15) is 0 Å². The molecule has 2 rings (SSSR count). The van der Waals surface area contributed by atoms with Crippen LogP contribution in [0.1, 0.15) is 31.4 Å². The van der Waals surface area contributed by atoms with Gasteiger partial charge < -0.3 is 24.8 Å². The quantitative estimate of drug-likeness (QED) is 0.186. The molecule has 1 aromatic rings. The lowest BCUT2D eigenvalue weighted by atomic mass is 10.1. The number of rotatable bonds is 12. The predicted molar refractivity (Wildman–Crippen MR) is 133 cm³/mol. The van der Waals surface area contributed by atoms with E-state index in [2.05, 4.69) is 47.6 Å². The van der Waals surface area contributed by atoms with Gasteiger partial charge in [0.15, 0.2) is 5.96 Å².